The van der Waals surface area contributed by atoms with Crippen LogP contribution in [-0.2, 0) is 17.5 Å². The van der Waals surface area contributed by atoms with Gasteiger partial charge in [0.15, 0.2) is 0 Å². The maximum atomic E-state index is 13.2. The molecular formula is C17H13BrF3N3O. The Morgan fingerprint density at radius 1 is 1.24 bits per heavy atom. The van der Waals surface area contributed by atoms with Crippen LogP contribution in [0.3, 0.4) is 0 Å². The van der Waals surface area contributed by atoms with Gasteiger partial charge in [-0.2, -0.15) is 13.2 Å². The van der Waals surface area contributed by atoms with Crippen molar-refractivity contribution in [2.75, 3.05) is 5.32 Å². The number of hydrogen-bond acceptors (Lipinski definition) is 2. The molecule has 0 aliphatic carbocycles. The fraction of sp³-hybridized carbons (Fsp3) is 0.176. The number of amides is 1. The monoisotopic (exact) mass is 411 g/mol. The van der Waals surface area contributed by atoms with Crippen LogP contribution in [0.4, 0.5) is 18.9 Å². The largest absolute Gasteiger partial charge is 0.449 e. The molecule has 130 valence electrons. The lowest BCUT2D eigenvalue weighted by atomic mass is 10.2. The standard InChI is InChI=1S/C17H13BrF3N3O/c1-10-6-7-12(11(18)8-10)22-15(25)9-24-14-5-3-2-4-13(14)23-16(24)17(19,20)21/h2-8H,9H2,1H3,(H,22,25). The number of aryl methyl sites for hydroxylation is 1. The molecule has 0 atom stereocenters. The Morgan fingerprint density at radius 2 is 1.96 bits per heavy atom. The van der Waals surface area contributed by atoms with Crippen LogP contribution in [0.2, 0.25) is 0 Å². The molecule has 3 aromatic rings. The number of hydrogen-bond donors (Lipinski definition) is 1. The number of anilines is 1. The minimum atomic E-state index is -4.65. The van der Waals surface area contributed by atoms with Crippen molar-refractivity contribution in [1.82, 2.24) is 9.55 Å². The molecule has 0 fully saturated rings. The number of carbonyl (C=O) groups excluding carboxylic acids is 1. The zero-order valence-corrected chi connectivity index (χ0v) is 14.6. The van der Waals surface area contributed by atoms with Gasteiger partial charge in [0.1, 0.15) is 6.54 Å². The van der Waals surface area contributed by atoms with E-state index in [-0.39, 0.29) is 11.0 Å². The van der Waals surface area contributed by atoms with Gasteiger partial charge in [-0.25, -0.2) is 4.98 Å². The Kier molecular flexibility index (Phi) is 4.55. The lowest BCUT2D eigenvalue weighted by Gasteiger charge is -2.12. The predicted octanol–water partition coefficient (Wildman–Crippen LogP) is 4.76. The fourth-order valence-electron chi connectivity index (χ4n) is 2.51. The third-order valence-corrected chi connectivity index (χ3v) is 4.26. The maximum absolute atomic E-state index is 13.2. The minimum absolute atomic E-state index is 0.194. The summed E-state index contributed by atoms with van der Waals surface area (Å²) in [7, 11) is 0. The molecule has 0 aliphatic heterocycles. The number of carbonyl (C=O) groups is 1. The number of rotatable bonds is 3. The molecule has 0 saturated heterocycles. The van der Waals surface area contributed by atoms with E-state index < -0.39 is 24.5 Å². The van der Waals surface area contributed by atoms with E-state index in [1.165, 1.54) is 12.1 Å². The predicted molar refractivity (Wildman–Crippen MR) is 92.2 cm³/mol. The molecule has 1 N–H and O–H groups in total. The summed E-state index contributed by atoms with van der Waals surface area (Å²) in [5, 5.41) is 2.62. The van der Waals surface area contributed by atoms with Gasteiger partial charge in [0.25, 0.3) is 0 Å². The van der Waals surface area contributed by atoms with Gasteiger partial charge in [0.05, 0.1) is 16.7 Å². The Balaban J connectivity index is 1.93. The second-order valence-electron chi connectivity index (χ2n) is 5.54. The smallest absolute Gasteiger partial charge is 0.324 e. The summed E-state index contributed by atoms with van der Waals surface area (Å²) in [5.74, 6) is -1.66. The summed E-state index contributed by atoms with van der Waals surface area (Å²) in [6, 6.07) is 11.5. The molecule has 8 heteroatoms. The number of imidazole rings is 1. The van der Waals surface area contributed by atoms with E-state index in [1.807, 2.05) is 13.0 Å². The van der Waals surface area contributed by atoms with Crippen LogP contribution in [0.15, 0.2) is 46.9 Å². The van der Waals surface area contributed by atoms with E-state index in [2.05, 4.69) is 26.2 Å². The molecule has 2 aromatic carbocycles. The number of para-hydroxylation sites is 2. The van der Waals surface area contributed by atoms with Crippen molar-refractivity contribution in [3.8, 4) is 0 Å². The highest BCUT2D eigenvalue weighted by Crippen LogP contribution is 2.31. The average molecular weight is 412 g/mol. The molecule has 1 heterocycles. The van der Waals surface area contributed by atoms with Crippen LogP contribution in [0.1, 0.15) is 11.4 Å². The number of nitrogens with zero attached hydrogens (tertiary/aromatic N) is 2. The molecule has 0 radical (unpaired) electrons. The molecule has 0 unspecified atom stereocenters. The number of alkyl halides is 3. The van der Waals surface area contributed by atoms with Crippen LogP contribution >= 0.6 is 15.9 Å². The third-order valence-electron chi connectivity index (χ3n) is 3.61. The van der Waals surface area contributed by atoms with Crippen molar-refractivity contribution in [2.24, 2.45) is 0 Å². The number of aromatic nitrogens is 2. The SMILES string of the molecule is Cc1ccc(NC(=O)Cn2c(C(F)(F)F)nc3ccccc32)c(Br)c1. The summed E-state index contributed by atoms with van der Waals surface area (Å²) < 4.78 is 41.3. The van der Waals surface area contributed by atoms with Gasteiger partial charge < -0.3 is 9.88 Å². The van der Waals surface area contributed by atoms with E-state index in [4.69, 9.17) is 0 Å². The highest BCUT2D eigenvalue weighted by Gasteiger charge is 2.38. The lowest BCUT2D eigenvalue weighted by Crippen LogP contribution is -2.23. The Labute approximate surface area is 149 Å². The summed E-state index contributed by atoms with van der Waals surface area (Å²) in [4.78, 5) is 15.9. The second-order valence-corrected chi connectivity index (χ2v) is 6.39. The average Bonchev–Trinajstić information content (AvgIpc) is 2.89. The normalized spacial score (nSPS) is 11.7. The van der Waals surface area contributed by atoms with Crippen LogP contribution in [-0.4, -0.2) is 15.5 Å². The highest BCUT2D eigenvalue weighted by atomic mass is 79.9. The van der Waals surface area contributed by atoms with Gasteiger partial charge in [-0.15, -0.1) is 0 Å². The first-order valence-corrected chi connectivity index (χ1v) is 8.13. The first-order chi connectivity index (χ1) is 11.8. The molecule has 4 nitrogen and oxygen atoms in total. The number of nitrogens with one attached hydrogen (secondary N) is 1. The van der Waals surface area contributed by atoms with Crippen molar-refractivity contribution in [3.05, 3.63) is 58.3 Å². The zero-order chi connectivity index (χ0) is 18.2. The summed E-state index contributed by atoms with van der Waals surface area (Å²) >= 11 is 3.33. The van der Waals surface area contributed by atoms with E-state index in [1.54, 1.807) is 24.3 Å². The van der Waals surface area contributed by atoms with Gasteiger partial charge in [-0.3, -0.25) is 4.79 Å². The van der Waals surface area contributed by atoms with E-state index in [9.17, 15) is 18.0 Å². The minimum Gasteiger partial charge on any atom is -0.324 e. The van der Waals surface area contributed by atoms with Gasteiger partial charge in [0.2, 0.25) is 11.7 Å². The van der Waals surface area contributed by atoms with E-state index >= 15 is 0 Å². The molecule has 1 amide bonds. The van der Waals surface area contributed by atoms with Crippen molar-refractivity contribution in [2.45, 2.75) is 19.6 Å². The number of halogens is 4. The Hall–Kier alpha value is -2.35. The summed E-state index contributed by atoms with van der Waals surface area (Å²) in [6.07, 6.45) is -4.65. The maximum Gasteiger partial charge on any atom is 0.449 e. The first kappa shape index (κ1) is 17.5. The molecule has 3 rings (SSSR count). The summed E-state index contributed by atoms with van der Waals surface area (Å²) in [5.41, 5.74) is 1.94. The van der Waals surface area contributed by atoms with Crippen LogP contribution in [0.25, 0.3) is 11.0 Å². The van der Waals surface area contributed by atoms with Gasteiger partial charge in [-0.1, -0.05) is 18.2 Å². The van der Waals surface area contributed by atoms with Gasteiger partial charge in [-0.05, 0) is 52.7 Å². The molecule has 0 spiro atoms. The molecular weight excluding hydrogens is 399 g/mol. The number of benzene rings is 2. The second kappa shape index (κ2) is 6.51. The zero-order valence-electron chi connectivity index (χ0n) is 13.1. The highest BCUT2D eigenvalue weighted by molar-refractivity contribution is 9.10. The topological polar surface area (TPSA) is 46.9 Å². The molecule has 25 heavy (non-hydrogen) atoms. The van der Waals surface area contributed by atoms with Crippen LogP contribution in [0, 0.1) is 6.92 Å². The third kappa shape index (κ3) is 3.68. The molecule has 0 saturated carbocycles. The molecule has 1 aromatic heterocycles. The Morgan fingerprint density at radius 3 is 2.64 bits per heavy atom. The van der Waals surface area contributed by atoms with Crippen LogP contribution < -0.4 is 5.32 Å². The lowest BCUT2D eigenvalue weighted by molar-refractivity contribution is -0.147. The quantitative estimate of drug-likeness (QED) is 0.674. The molecule has 0 bridgehead atoms. The Bertz CT molecular complexity index is 950. The van der Waals surface area contributed by atoms with Crippen molar-refractivity contribution in [3.63, 3.8) is 0 Å². The van der Waals surface area contributed by atoms with Crippen molar-refractivity contribution < 1.29 is 18.0 Å². The number of fused-ring (bicyclic) bond motifs is 1. The van der Waals surface area contributed by atoms with Crippen LogP contribution in [0.5, 0.6) is 0 Å². The molecule has 0 aliphatic rings. The van der Waals surface area contributed by atoms with Gasteiger partial charge in [0, 0.05) is 4.47 Å². The summed E-state index contributed by atoms with van der Waals surface area (Å²) in [6.45, 7) is 1.40. The first-order valence-electron chi connectivity index (χ1n) is 7.34. The fourth-order valence-corrected chi connectivity index (χ4v) is 3.10. The van der Waals surface area contributed by atoms with Gasteiger partial charge >= 0.3 is 6.18 Å². The van der Waals surface area contributed by atoms with Crippen molar-refractivity contribution >= 4 is 38.6 Å². The van der Waals surface area contributed by atoms with E-state index in [0.29, 0.717) is 10.2 Å². The van der Waals surface area contributed by atoms with E-state index in [0.717, 1.165) is 10.1 Å². The van der Waals surface area contributed by atoms with Crippen molar-refractivity contribution in [1.29, 1.82) is 0 Å².